The van der Waals surface area contributed by atoms with Crippen molar-refractivity contribution in [2.45, 2.75) is 0 Å². The average Bonchev–Trinajstić information content (AvgIpc) is 1.99. The highest BCUT2D eigenvalue weighted by Crippen LogP contribution is 2.13. The molecular formula is C6H7Cl2N3O. The van der Waals surface area contributed by atoms with E-state index in [0.29, 0.717) is 12.4 Å². The first-order chi connectivity index (χ1) is 5.72. The van der Waals surface area contributed by atoms with Crippen molar-refractivity contribution >= 4 is 29.0 Å². The summed E-state index contributed by atoms with van der Waals surface area (Å²) in [5.74, 6) is 0.508. The molecule has 1 aromatic heterocycles. The van der Waals surface area contributed by atoms with Crippen LogP contribution in [0.25, 0.3) is 0 Å². The van der Waals surface area contributed by atoms with Gasteiger partial charge in [0.05, 0.1) is 6.61 Å². The van der Waals surface area contributed by atoms with Crippen LogP contribution in [-0.4, -0.2) is 28.2 Å². The van der Waals surface area contributed by atoms with Crippen LogP contribution in [0.2, 0.25) is 10.4 Å². The topological polar surface area (TPSA) is 58.0 Å². The summed E-state index contributed by atoms with van der Waals surface area (Å²) in [5.41, 5.74) is 0. The molecule has 0 bridgehead atoms. The van der Waals surface area contributed by atoms with Gasteiger partial charge in [0, 0.05) is 12.6 Å². The molecule has 1 rings (SSSR count). The van der Waals surface area contributed by atoms with Crippen LogP contribution in [0.5, 0.6) is 0 Å². The minimum Gasteiger partial charge on any atom is -0.395 e. The van der Waals surface area contributed by atoms with Gasteiger partial charge in [-0.2, -0.15) is 0 Å². The zero-order chi connectivity index (χ0) is 8.97. The van der Waals surface area contributed by atoms with E-state index in [4.69, 9.17) is 28.3 Å². The van der Waals surface area contributed by atoms with E-state index in [-0.39, 0.29) is 17.0 Å². The molecule has 2 N–H and O–H groups in total. The Balaban J connectivity index is 2.72. The number of aromatic nitrogens is 2. The van der Waals surface area contributed by atoms with Crippen molar-refractivity contribution in [3.8, 4) is 0 Å². The number of hydrogen-bond donors (Lipinski definition) is 2. The molecule has 0 saturated heterocycles. The fourth-order valence-corrected chi connectivity index (χ4v) is 1.07. The van der Waals surface area contributed by atoms with E-state index in [1.54, 1.807) is 0 Å². The van der Waals surface area contributed by atoms with Gasteiger partial charge in [-0.25, -0.2) is 9.97 Å². The van der Waals surface area contributed by atoms with Gasteiger partial charge in [-0.1, -0.05) is 11.6 Å². The fraction of sp³-hybridized carbons (Fsp3) is 0.333. The van der Waals surface area contributed by atoms with Gasteiger partial charge in [0.2, 0.25) is 5.28 Å². The van der Waals surface area contributed by atoms with E-state index in [1.165, 1.54) is 6.07 Å². The number of anilines is 1. The Morgan fingerprint density at radius 2 is 2.17 bits per heavy atom. The van der Waals surface area contributed by atoms with Crippen LogP contribution >= 0.6 is 23.2 Å². The number of halogens is 2. The molecule has 0 amide bonds. The summed E-state index contributed by atoms with van der Waals surface area (Å²) >= 11 is 11.1. The van der Waals surface area contributed by atoms with Gasteiger partial charge >= 0.3 is 0 Å². The number of aliphatic hydroxyl groups excluding tert-OH is 1. The summed E-state index contributed by atoms with van der Waals surface area (Å²) in [7, 11) is 0. The van der Waals surface area contributed by atoms with Crippen molar-refractivity contribution in [3.05, 3.63) is 16.5 Å². The summed E-state index contributed by atoms with van der Waals surface area (Å²) in [6.07, 6.45) is 0. The first-order valence-electron chi connectivity index (χ1n) is 3.27. The van der Waals surface area contributed by atoms with Crippen LogP contribution in [0.15, 0.2) is 6.07 Å². The summed E-state index contributed by atoms with van der Waals surface area (Å²) in [5, 5.41) is 11.7. The molecule has 0 atom stereocenters. The molecule has 0 aliphatic rings. The summed E-state index contributed by atoms with van der Waals surface area (Å²) in [6.45, 7) is 0.433. The maximum absolute atomic E-state index is 8.49. The van der Waals surface area contributed by atoms with Crippen molar-refractivity contribution in [3.63, 3.8) is 0 Å². The predicted octanol–water partition coefficient (Wildman–Crippen LogP) is 1.19. The highest BCUT2D eigenvalue weighted by Gasteiger charge is 1.99. The summed E-state index contributed by atoms with van der Waals surface area (Å²) < 4.78 is 0. The average molecular weight is 208 g/mol. The van der Waals surface area contributed by atoms with Gasteiger partial charge in [-0.3, -0.25) is 0 Å². The third kappa shape index (κ3) is 2.81. The van der Waals surface area contributed by atoms with Gasteiger partial charge < -0.3 is 10.4 Å². The molecule has 66 valence electrons. The van der Waals surface area contributed by atoms with Crippen LogP contribution < -0.4 is 5.32 Å². The molecule has 0 radical (unpaired) electrons. The third-order valence-electron chi connectivity index (χ3n) is 1.09. The molecule has 6 heteroatoms. The monoisotopic (exact) mass is 207 g/mol. The second-order valence-corrected chi connectivity index (χ2v) is 2.72. The second kappa shape index (κ2) is 4.45. The standard InChI is InChI=1S/C6H7Cl2N3O/c7-4-3-5(9-1-2-12)11-6(8)10-4/h3,12H,1-2H2,(H,9,10,11). The van der Waals surface area contributed by atoms with Gasteiger partial charge in [0.25, 0.3) is 0 Å². The van der Waals surface area contributed by atoms with Gasteiger partial charge in [0.1, 0.15) is 11.0 Å². The maximum Gasteiger partial charge on any atom is 0.225 e. The van der Waals surface area contributed by atoms with Crippen molar-refractivity contribution < 1.29 is 5.11 Å². The molecule has 1 aromatic rings. The maximum atomic E-state index is 8.49. The van der Waals surface area contributed by atoms with Crippen LogP contribution in [0.1, 0.15) is 0 Å². The Morgan fingerprint density at radius 1 is 1.42 bits per heavy atom. The number of rotatable bonds is 3. The van der Waals surface area contributed by atoms with Crippen molar-refractivity contribution in [2.24, 2.45) is 0 Å². The Kier molecular flexibility index (Phi) is 3.52. The van der Waals surface area contributed by atoms with E-state index < -0.39 is 0 Å². The zero-order valence-corrected chi connectivity index (χ0v) is 7.60. The van der Waals surface area contributed by atoms with Gasteiger partial charge in [0.15, 0.2) is 0 Å². The lowest BCUT2D eigenvalue weighted by Crippen LogP contribution is -2.07. The highest BCUT2D eigenvalue weighted by atomic mass is 35.5. The van der Waals surface area contributed by atoms with Crippen LogP contribution in [-0.2, 0) is 0 Å². The minimum atomic E-state index is 0.0270. The van der Waals surface area contributed by atoms with E-state index in [0.717, 1.165) is 0 Å². The number of nitrogens with one attached hydrogen (secondary N) is 1. The first kappa shape index (κ1) is 9.51. The molecule has 0 aromatic carbocycles. The summed E-state index contributed by atoms with van der Waals surface area (Å²) in [6, 6.07) is 1.53. The first-order valence-corrected chi connectivity index (χ1v) is 4.03. The molecule has 1 heterocycles. The van der Waals surface area contributed by atoms with E-state index in [2.05, 4.69) is 15.3 Å². The molecule has 4 nitrogen and oxygen atoms in total. The molecule has 0 saturated carbocycles. The Hall–Kier alpha value is -0.580. The van der Waals surface area contributed by atoms with Crippen molar-refractivity contribution in [1.29, 1.82) is 0 Å². The quantitative estimate of drug-likeness (QED) is 0.578. The number of hydrogen-bond acceptors (Lipinski definition) is 4. The van der Waals surface area contributed by atoms with Crippen LogP contribution in [0.4, 0.5) is 5.82 Å². The lowest BCUT2D eigenvalue weighted by atomic mass is 10.5. The lowest BCUT2D eigenvalue weighted by molar-refractivity contribution is 0.311. The SMILES string of the molecule is OCCNc1cc(Cl)nc(Cl)n1. The van der Waals surface area contributed by atoms with Crippen molar-refractivity contribution in [2.75, 3.05) is 18.5 Å². The summed E-state index contributed by atoms with van der Waals surface area (Å²) in [4.78, 5) is 7.48. The fourth-order valence-electron chi connectivity index (χ4n) is 0.664. The Bertz CT molecular complexity index is 249. The van der Waals surface area contributed by atoms with E-state index >= 15 is 0 Å². The molecule has 0 fully saturated rings. The molecule has 0 aliphatic carbocycles. The smallest absolute Gasteiger partial charge is 0.225 e. The number of nitrogens with zero attached hydrogens (tertiary/aromatic N) is 2. The minimum absolute atomic E-state index is 0.0270. The molecule has 0 unspecified atom stereocenters. The zero-order valence-electron chi connectivity index (χ0n) is 6.09. The normalized spacial score (nSPS) is 9.92. The predicted molar refractivity (Wildman–Crippen MR) is 47.6 cm³/mol. The Labute approximate surface area is 79.6 Å². The third-order valence-corrected chi connectivity index (χ3v) is 1.45. The van der Waals surface area contributed by atoms with Gasteiger partial charge in [-0.05, 0) is 11.6 Å². The lowest BCUT2D eigenvalue weighted by Gasteiger charge is -2.02. The van der Waals surface area contributed by atoms with E-state index in [1.807, 2.05) is 0 Å². The molecule has 12 heavy (non-hydrogen) atoms. The van der Waals surface area contributed by atoms with E-state index in [9.17, 15) is 0 Å². The molecule has 0 spiro atoms. The highest BCUT2D eigenvalue weighted by molar-refractivity contribution is 6.32. The van der Waals surface area contributed by atoms with Crippen molar-refractivity contribution in [1.82, 2.24) is 9.97 Å². The van der Waals surface area contributed by atoms with Crippen LogP contribution in [0.3, 0.4) is 0 Å². The Morgan fingerprint density at radius 3 is 2.75 bits per heavy atom. The van der Waals surface area contributed by atoms with Crippen LogP contribution in [0, 0.1) is 0 Å². The largest absolute Gasteiger partial charge is 0.395 e. The molecular weight excluding hydrogens is 201 g/mol. The number of aliphatic hydroxyl groups is 1. The molecule has 0 aliphatic heterocycles. The van der Waals surface area contributed by atoms with Gasteiger partial charge in [-0.15, -0.1) is 0 Å². The second-order valence-electron chi connectivity index (χ2n) is 2.00.